The molecule has 0 saturated carbocycles. The molecule has 1 fully saturated rings. The van der Waals surface area contributed by atoms with E-state index in [9.17, 15) is 18.8 Å². The molecule has 2 aliphatic heterocycles. The second-order valence-corrected chi connectivity index (χ2v) is 8.52. The summed E-state index contributed by atoms with van der Waals surface area (Å²) in [6.07, 6.45) is 3.19. The molecule has 0 spiro atoms. The van der Waals surface area contributed by atoms with Crippen molar-refractivity contribution in [2.45, 2.75) is 0 Å². The van der Waals surface area contributed by atoms with E-state index >= 15 is 0 Å². The number of hydrogen-bond donors (Lipinski definition) is 0. The monoisotopic (exact) mass is 457 g/mol. The molecule has 0 atom stereocenters. The second kappa shape index (κ2) is 9.19. The van der Waals surface area contributed by atoms with Crippen LogP contribution in [-0.2, 0) is 4.79 Å². The number of rotatable bonds is 5. The fraction of sp³-hybridized carbons (Fsp3) is 0.222. The molecule has 0 N–H and O–H groups in total. The first-order valence-electron chi connectivity index (χ1n) is 11.3. The van der Waals surface area contributed by atoms with Gasteiger partial charge in [0.25, 0.3) is 11.8 Å². The van der Waals surface area contributed by atoms with Crippen LogP contribution < -0.4 is 0 Å². The van der Waals surface area contributed by atoms with E-state index in [-0.39, 0.29) is 23.5 Å². The summed E-state index contributed by atoms with van der Waals surface area (Å²) in [5.74, 6) is -0.910. The summed E-state index contributed by atoms with van der Waals surface area (Å²) in [6.45, 7) is 3.33. The number of hydrogen-bond acceptors (Lipinski definition) is 4. The average molecular weight is 458 g/mol. The predicted molar refractivity (Wildman–Crippen MR) is 128 cm³/mol. The second-order valence-electron chi connectivity index (χ2n) is 8.52. The zero-order chi connectivity index (χ0) is 23.7. The number of halogens is 1. The predicted octanol–water partition coefficient (Wildman–Crippen LogP) is 3.43. The summed E-state index contributed by atoms with van der Waals surface area (Å²) in [5.41, 5.74) is 1.90. The van der Waals surface area contributed by atoms with Crippen LogP contribution in [0.25, 0.3) is 16.8 Å². The third kappa shape index (κ3) is 4.22. The van der Waals surface area contributed by atoms with Crippen molar-refractivity contribution in [3.05, 3.63) is 89.2 Å². The Labute approximate surface area is 196 Å². The van der Waals surface area contributed by atoms with Crippen molar-refractivity contribution in [1.82, 2.24) is 14.7 Å². The molecule has 0 unspecified atom stereocenters. The van der Waals surface area contributed by atoms with E-state index in [0.717, 1.165) is 16.3 Å². The number of nitrogens with zero attached hydrogens (tertiary/aromatic N) is 3. The van der Waals surface area contributed by atoms with Gasteiger partial charge < -0.3 is 4.90 Å². The molecule has 0 radical (unpaired) electrons. The minimum Gasteiger partial charge on any atom is -0.337 e. The fourth-order valence-corrected chi connectivity index (χ4v) is 4.56. The summed E-state index contributed by atoms with van der Waals surface area (Å²) < 4.78 is 13.0. The van der Waals surface area contributed by atoms with Crippen LogP contribution in [0.4, 0.5) is 4.39 Å². The summed E-state index contributed by atoms with van der Waals surface area (Å²) in [4.78, 5) is 43.8. The van der Waals surface area contributed by atoms with E-state index in [2.05, 4.69) is 4.90 Å². The van der Waals surface area contributed by atoms with Crippen LogP contribution in [0.1, 0.15) is 26.3 Å². The molecule has 34 heavy (non-hydrogen) atoms. The lowest BCUT2D eigenvalue weighted by atomic mass is 9.94. The third-order valence-corrected chi connectivity index (χ3v) is 6.47. The minimum absolute atomic E-state index is 0.0879. The standard InChI is InChI=1S/C27H24FN3O3/c28-21-10-7-19(8-11-21)9-12-24(32)30-16-13-29(14-17-30)15-18-31-26(33)22-5-1-3-20-4-2-6-23(25(20)22)27(31)34/h1-12H,13-18H2/b12-9+. The first kappa shape index (κ1) is 22.0. The zero-order valence-electron chi connectivity index (χ0n) is 18.6. The molecule has 2 aliphatic rings. The van der Waals surface area contributed by atoms with Gasteiger partial charge in [-0.05, 0) is 41.3 Å². The number of carbonyl (C=O) groups excluding carboxylic acids is 3. The highest BCUT2D eigenvalue weighted by molar-refractivity contribution is 6.25. The smallest absolute Gasteiger partial charge is 0.261 e. The Balaban J connectivity index is 1.17. The van der Waals surface area contributed by atoms with Crippen LogP contribution in [0.2, 0.25) is 0 Å². The Bertz CT molecular complexity index is 1240. The van der Waals surface area contributed by atoms with Crippen LogP contribution in [0, 0.1) is 5.82 Å². The van der Waals surface area contributed by atoms with Gasteiger partial charge in [-0.15, -0.1) is 0 Å². The van der Waals surface area contributed by atoms with E-state index in [0.29, 0.717) is 50.4 Å². The maximum absolute atomic E-state index is 13.0. The van der Waals surface area contributed by atoms with Crippen LogP contribution >= 0.6 is 0 Å². The molecule has 0 aliphatic carbocycles. The van der Waals surface area contributed by atoms with Crippen LogP contribution in [0.15, 0.2) is 66.7 Å². The third-order valence-electron chi connectivity index (χ3n) is 6.47. The molecular formula is C27H24FN3O3. The van der Waals surface area contributed by atoms with Crippen molar-refractivity contribution < 1.29 is 18.8 Å². The van der Waals surface area contributed by atoms with Crippen molar-refractivity contribution in [3.8, 4) is 0 Å². The van der Waals surface area contributed by atoms with Crippen LogP contribution in [0.5, 0.6) is 0 Å². The minimum atomic E-state index is -0.311. The molecular weight excluding hydrogens is 433 g/mol. The molecule has 3 aromatic rings. The number of amides is 3. The maximum atomic E-state index is 13.0. The first-order chi connectivity index (χ1) is 16.5. The highest BCUT2D eigenvalue weighted by Gasteiger charge is 2.33. The maximum Gasteiger partial charge on any atom is 0.261 e. The molecule has 3 aromatic carbocycles. The summed E-state index contributed by atoms with van der Waals surface area (Å²) in [7, 11) is 0. The Morgan fingerprint density at radius 3 is 2.06 bits per heavy atom. The van der Waals surface area contributed by atoms with Gasteiger partial charge in [-0.25, -0.2) is 4.39 Å². The average Bonchev–Trinajstić information content (AvgIpc) is 2.87. The van der Waals surface area contributed by atoms with Gasteiger partial charge in [-0.2, -0.15) is 0 Å². The Morgan fingerprint density at radius 1 is 0.824 bits per heavy atom. The van der Waals surface area contributed by atoms with Gasteiger partial charge in [0.1, 0.15) is 5.82 Å². The van der Waals surface area contributed by atoms with E-state index in [1.54, 1.807) is 35.2 Å². The fourth-order valence-electron chi connectivity index (χ4n) is 4.56. The molecule has 172 valence electrons. The van der Waals surface area contributed by atoms with Gasteiger partial charge in [0.05, 0.1) is 0 Å². The van der Waals surface area contributed by atoms with Gasteiger partial charge in [0, 0.05) is 61.9 Å². The zero-order valence-corrected chi connectivity index (χ0v) is 18.6. The number of carbonyl (C=O) groups is 3. The van der Waals surface area contributed by atoms with E-state index in [4.69, 9.17) is 0 Å². The summed E-state index contributed by atoms with van der Waals surface area (Å²) >= 11 is 0. The highest BCUT2D eigenvalue weighted by Crippen LogP contribution is 2.29. The van der Waals surface area contributed by atoms with Gasteiger partial charge >= 0.3 is 0 Å². The Kier molecular flexibility index (Phi) is 5.94. The van der Waals surface area contributed by atoms with Crippen LogP contribution in [0.3, 0.4) is 0 Å². The quantitative estimate of drug-likeness (QED) is 0.435. The molecule has 6 nitrogen and oxygen atoms in total. The van der Waals surface area contributed by atoms with Crippen molar-refractivity contribution >= 4 is 34.6 Å². The number of imide groups is 1. The van der Waals surface area contributed by atoms with Crippen molar-refractivity contribution in [2.75, 3.05) is 39.3 Å². The lowest BCUT2D eigenvalue weighted by Gasteiger charge is -2.35. The highest BCUT2D eigenvalue weighted by atomic mass is 19.1. The summed E-state index contributed by atoms with van der Waals surface area (Å²) in [5, 5.41) is 1.63. The molecule has 5 rings (SSSR count). The Hall–Kier alpha value is -3.84. The molecule has 0 bridgehead atoms. The van der Waals surface area contributed by atoms with Crippen molar-refractivity contribution in [1.29, 1.82) is 0 Å². The number of benzene rings is 3. The lowest BCUT2D eigenvalue weighted by molar-refractivity contribution is -0.127. The van der Waals surface area contributed by atoms with Gasteiger partial charge in [0.2, 0.25) is 5.91 Å². The molecule has 0 aromatic heterocycles. The van der Waals surface area contributed by atoms with Gasteiger partial charge in [-0.1, -0.05) is 36.4 Å². The van der Waals surface area contributed by atoms with E-state index in [1.807, 2.05) is 24.3 Å². The molecule has 2 heterocycles. The first-order valence-corrected chi connectivity index (χ1v) is 11.3. The topological polar surface area (TPSA) is 60.9 Å². The lowest BCUT2D eigenvalue weighted by Crippen LogP contribution is -2.51. The van der Waals surface area contributed by atoms with Crippen LogP contribution in [-0.4, -0.2) is 71.7 Å². The van der Waals surface area contributed by atoms with Gasteiger partial charge in [0.15, 0.2) is 0 Å². The van der Waals surface area contributed by atoms with E-state index in [1.165, 1.54) is 23.1 Å². The number of piperazine rings is 1. The largest absolute Gasteiger partial charge is 0.337 e. The SMILES string of the molecule is O=C(/C=C/c1ccc(F)cc1)N1CCN(CCN2C(=O)c3cccc4cccc(c34)C2=O)CC1. The normalized spacial score (nSPS) is 16.6. The molecule has 7 heteroatoms. The molecule has 1 saturated heterocycles. The Morgan fingerprint density at radius 2 is 1.44 bits per heavy atom. The van der Waals surface area contributed by atoms with E-state index < -0.39 is 0 Å². The van der Waals surface area contributed by atoms with Crippen molar-refractivity contribution in [2.24, 2.45) is 0 Å². The van der Waals surface area contributed by atoms with Gasteiger partial charge in [-0.3, -0.25) is 24.2 Å². The molecule has 3 amide bonds. The van der Waals surface area contributed by atoms with Crippen molar-refractivity contribution in [3.63, 3.8) is 0 Å². The summed E-state index contributed by atoms with van der Waals surface area (Å²) in [6, 6.07) is 17.0.